The van der Waals surface area contributed by atoms with Crippen molar-refractivity contribution in [1.82, 2.24) is 0 Å². The first-order valence-corrected chi connectivity index (χ1v) is 14.3. The molecule has 11 atom stereocenters. The molecule has 0 aromatic heterocycles. The number of hydrogen-bond acceptors (Lipinski definition) is 1. The fraction of sp³-hybridized carbons (Fsp3) is 0.903. The third kappa shape index (κ3) is 2.94. The van der Waals surface area contributed by atoms with E-state index >= 15 is 0 Å². The van der Waals surface area contributed by atoms with Crippen molar-refractivity contribution in [2.24, 2.45) is 63.1 Å². The fourth-order valence-electron chi connectivity index (χ4n) is 11.9. The van der Waals surface area contributed by atoms with Crippen molar-refractivity contribution in [1.29, 1.82) is 0 Å². The van der Waals surface area contributed by atoms with Gasteiger partial charge in [-0.3, -0.25) is 4.79 Å². The molecule has 0 aromatic rings. The Kier molecular flexibility index (Phi) is 5.51. The van der Waals surface area contributed by atoms with E-state index in [9.17, 15) is 9.90 Å². The second-order valence-corrected chi connectivity index (χ2v) is 14.4. The molecular formula is C31H50O2. The van der Waals surface area contributed by atoms with Crippen LogP contribution < -0.4 is 0 Å². The molecular weight excluding hydrogens is 404 g/mol. The number of carbonyl (C=O) groups is 1. The van der Waals surface area contributed by atoms with Crippen LogP contribution in [0.2, 0.25) is 0 Å². The van der Waals surface area contributed by atoms with Crippen LogP contribution in [-0.4, -0.2) is 11.1 Å². The van der Waals surface area contributed by atoms with Crippen LogP contribution in [0.25, 0.3) is 0 Å². The molecule has 0 aliphatic heterocycles. The zero-order valence-electron chi connectivity index (χ0n) is 22.4. The van der Waals surface area contributed by atoms with Gasteiger partial charge < -0.3 is 5.11 Å². The lowest BCUT2D eigenvalue weighted by atomic mass is 9.33. The summed E-state index contributed by atoms with van der Waals surface area (Å²) >= 11 is 0. The van der Waals surface area contributed by atoms with Gasteiger partial charge in [0.2, 0.25) is 0 Å². The number of allylic oxidation sites excluding steroid dienone is 1. The first-order valence-electron chi connectivity index (χ1n) is 14.3. The Balaban J connectivity index is 1.56. The van der Waals surface area contributed by atoms with Gasteiger partial charge in [-0.05, 0) is 129 Å². The molecule has 5 aliphatic rings. The lowest BCUT2D eigenvalue weighted by molar-refractivity contribution is -0.234. The topological polar surface area (TPSA) is 37.3 Å². The SMILES string of the molecule is C=C(C)C1CCC2(C(=O)O)CCC3(C)C(CCC4C5(C)CC(C)CC(CC)C5CCC43C)C12. The maximum absolute atomic E-state index is 12.8. The van der Waals surface area contributed by atoms with Crippen LogP contribution >= 0.6 is 0 Å². The minimum absolute atomic E-state index is 0.258. The van der Waals surface area contributed by atoms with E-state index < -0.39 is 11.4 Å². The van der Waals surface area contributed by atoms with Gasteiger partial charge in [-0.1, -0.05) is 53.2 Å². The van der Waals surface area contributed by atoms with Crippen LogP contribution in [0.5, 0.6) is 0 Å². The lowest BCUT2D eigenvalue weighted by Crippen LogP contribution is -2.65. The highest BCUT2D eigenvalue weighted by molar-refractivity contribution is 5.76. The molecule has 2 nitrogen and oxygen atoms in total. The van der Waals surface area contributed by atoms with Gasteiger partial charge in [-0.15, -0.1) is 0 Å². The molecule has 1 N–H and O–H groups in total. The minimum atomic E-state index is -0.506. The third-order valence-corrected chi connectivity index (χ3v) is 13.4. The number of fused-ring (bicyclic) bond motifs is 7. The Morgan fingerprint density at radius 1 is 0.970 bits per heavy atom. The van der Waals surface area contributed by atoms with Gasteiger partial charge in [0.15, 0.2) is 0 Å². The fourth-order valence-corrected chi connectivity index (χ4v) is 11.9. The average Bonchev–Trinajstić information content (AvgIpc) is 3.14. The van der Waals surface area contributed by atoms with E-state index in [0.29, 0.717) is 28.6 Å². The normalized spacial score (nSPS) is 55.6. The van der Waals surface area contributed by atoms with E-state index in [1.165, 1.54) is 50.5 Å². The summed E-state index contributed by atoms with van der Waals surface area (Å²) in [5, 5.41) is 10.5. The van der Waals surface area contributed by atoms with E-state index in [4.69, 9.17) is 0 Å². The molecule has 5 fully saturated rings. The molecule has 0 spiro atoms. The summed E-state index contributed by atoms with van der Waals surface area (Å²) in [4.78, 5) is 12.8. The van der Waals surface area contributed by atoms with E-state index in [1.54, 1.807) is 0 Å². The average molecular weight is 455 g/mol. The van der Waals surface area contributed by atoms with E-state index in [0.717, 1.165) is 49.4 Å². The van der Waals surface area contributed by atoms with Gasteiger partial charge in [0.1, 0.15) is 0 Å². The van der Waals surface area contributed by atoms with Gasteiger partial charge in [-0.25, -0.2) is 0 Å². The molecule has 0 bridgehead atoms. The van der Waals surface area contributed by atoms with E-state index in [1.807, 2.05) is 0 Å². The van der Waals surface area contributed by atoms with Crippen molar-refractivity contribution >= 4 is 5.97 Å². The largest absolute Gasteiger partial charge is 0.481 e. The molecule has 0 amide bonds. The van der Waals surface area contributed by atoms with Crippen LogP contribution in [0.1, 0.15) is 112 Å². The molecule has 186 valence electrons. The van der Waals surface area contributed by atoms with Crippen LogP contribution in [-0.2, 0) is 4.79 Å². The van der Waals surface area contributed by atoms with Crippen molar-refractivity contribution in [2.75, 3.05) is 0 Å². The van der Waals surface area contributed by atoms with Gasteiger partial charge in [0.25, 0.3) is 0 Å². The van der Waals surface area contributed by atoms with Gasteiger partial charge >= 0.3 is 5.97 Å². The quantitative estimate of drug-likeness (QED) is 0.435. The number of aliphatic carboxylic acids is 1. The Labute approximate surface area is 203 Å². The summed E-state index contributed by atoms with van der Waals surface area (Å²) in [6.07, 6.45) is 13.4. The lowest BCUT2D eigenvalue weighted by Gasteiger charge is -2.72. The van der Waals surface area contributed by atoms with Gasteiger partial charge in [0.05, 0.1) is 5.41 Å². The van der Waals surface area contributed by atoms with Gasteiger partial charge in [0, 0.05) is 0 Å². The number of rotatable bonds is 3. The maximum atomic E-state index is 12.8. The van der Waals surface area contributed by atoms with Crippen molar-refractivity contribution in [3.8, 4) is 0 Å². The highest BCUT2D eigenvalue weighted by atomic mass is 16.4. The predicted octanol–water partition coefficient (Wildman–Crippen LogP) is 8.36. The summed E-state index contributed by atoms with van der Waals surface area (Å²) < 4.78 is 0. The monoisotopic (exact) mass is 454 g/mol. The number of hydrogen-bond donors (Lipinski definition) is 1. The standard InChI is InChI=1S/C31H50O2/c1-8-21-17-20(4)18-28(5)23(21)12-13-30(7)25(28)10-9-24-26-22(19(2)3)11-14-31(26,27(32)33)16-15-29(24,30)6/h20-26H,2,8-18H2,1,3-7H3,(H,32,33). The molecule has 0 aromatic carbocycles. The minimum Gasteiger partial charge on any atom is -0.481 e. The summed E-state index contributed by atoms with van der Waals surface area (Å²) in [5.74, 6) is 4.17. The zero-order chi connectivity index (χ0) is 24.0. The first-order chi connectivity index (χ1) is 15.4. The Morgan fingerprint density at radius 3 is 2.33 bits per heavy atom. The summed E-state index contributed by atoms with van der Waals surface area (Å²) in [6.45, 7) is 19.5. The zero-order valence-corrected chi connectivity index (χ0v) is 22.4. The second-order valence-electron chi connectivity index (χ2n) is 14.4. The molecule has 0 saturated heterocycles. The van der Waals surface area contributed by atoms with Crippen molar-refractivity contribution in [3.63, 3.8) is 0 Å². The Bertz CT molecular complexity index is 831. The molecule has 0 heterocycles. The van der Waals surface area contributed by atoms with Gasteiger partial charge in [-0.2, -0.15) is 0 Å². The second kappa shape index (κ2) is 7.60. The molecule has 11 unspecified atom stereocenters. The Hall–Kier alpha value is -0.790. The van der Waals surface area contributed by atoms with Crippen LogP contribution in [0.3, 0.4) is 0 Å². The van der Waals surface area contributed by atoms with Crippen molar-refractivity contribution < 1.29 is 9.90 Å². The van der Waals surface area contributed by atoms with Crippen LogP contribution in [0.15, 0.2) is 12.2 Å². The molecule has 5 saturated carbocycles. The highest BCUT2D eigenvalue weighted by Gasteiger charge is 2.71. The van der Waals surface area contributed by atoms with E-state index in [-0.39, 0.29) is 5.41 Å². The third-order valence-electron chi connectivity index (χ3n) is 13.4. The predicted molar refractivity (Wildman–Crippen MR) is 136 cm³/mol. The molecule has 33 heavy (non-hydrogen) atoms. The van der Waals surface area contributed by atoms with Crippen LogP contribution in [0, 0.1) is 63.1 Å². The van der Waals surface area contributed by atoms with E-state index in [2.05, 4.69) is 48.1 Å². The highest BCUT2D eigenvalue weighted by Crippen LogP contribution is 2.77. The number of carboxylic acids is 1. The van der Waals surface area contributed by atoms with Crippen molar-refractivity contribution in [3.05, 3.63) is 12.2 Å². The molecule has 5 rings (SSSR count). The maximum Gasteiger partial charge on any atom is 0.309 e. The molecule has 5 aliphatic carbocycles. The molecule has 0 radical (unpaired) electrons. The van der Waals surface area contributed by atoms with Crippen molar-refractivity contribution in [2.45, 2.75) is 112 Å². The Morgan fingerprint density at radius 2 is 1.70 bits per heavy atom. The summed E-state index contributed by atoms with van der Waals surface area (Å²) in [6, 6.07) is 0. The summed E-state index contributed by atoms with van der Waals surface area (Å²) in [5.41, 5.74) is 1.80. The number of carboxylic acid groups (broad SMARTS) is 1. The smallest absolute Gasteiger partial charge is 0.309 e. The van der Waals surface area contributed by atoms with Crippen LogP contribution in [0.4, 0.5) is 0 Å². The molecule has 2 heteroatoms. The first kappa shape index (κ1) is 23.9. The summed E-state index contributed by atoms with van der Waals surface area (Å²) in [7, 11) is 0.